The van der Waals surface area contributed by atoms with Crippen LogP contribution in [0.25, 0.3) is 22.1 Å². The van der Waals surface area contributed by atoms with Gasteiger partial charge in [0.25, 0.3) is 0 Å². The first-order chi connectivity index (χ1) is 23.9. The van der Waals surface area contributed by atoms with Gasteiger partial charge in [-0.1, -0.05) is 0 Å². The second-order valence-electron chi connectivity index (χ2n) is 11.7. The third kappa shape index (κ3) is 7.53. The Morgan fingerprint density at radius 3 is 1.32 bits per heavy atom. The summed E-state index contributed by atoms with van der Waals surface area (Å²) in [5.74, 6) is 3.50. The fourth-order valence-electron chi connectivity index (χ4n) is 5.87. The number of nitrogen functional groups attached to an aromatic ring is 2. The lowest BCUT2D eigenvalue weighted by molar-refractivity contribution is 0.408. The van der Waals surface area contributed by atoms with Crippen molar-refractivity contribution in [2.45, 2.75) is 49.5 Å². The van der Waals surface area contributed by atoms with E-state index in [1.165, 1.54) is 0 Å². The Bertz CT molecular complexity index is 2000. The molecule has 0 saturated carbocycles. The highest BCUT2D eigenvalue weighted by Crippen LogP contribution is 2.34. The fraction of sp³-hybridized carbons (Fsp3) is 0.278. The van der Waals surface area contributed by atoms with E-state index in [1.807, 2.05) is 64.1 Å². The number of hydrogen-bond acceptors (Lipinski definition) is 10. The van der Waals surface area contributed by atoms with E-state index in [1.54, 1.807) is 40.6 Å². The summed E-state index contributed by atoms with van der Waals surface area (Å²) in [5, 5.41) is 0.836. The van der Waals surface area contributed by atoms with Gasteiger partial charge in [0.05, 0.1) is 50.5 Å². The zero-order chi connectivity index (χ0) is 36.3. The van der Waals surface area contributed by atoms with Crippen LogP contribution in [-0.4, -0.2) is 57.5 Å². The van der Waals surface area contributed by atoms with Crippen LogP contribution >= 0.6 is 0 Å². The number of anilines is 2. The van der Waals surface area contributed by atoms with Crippen molar-refractivity contribution in [2.75, 3.05) is 39.9 Å². The minimum Gasteiger partial charge on any atom is -0.609 e. The maximum Gasteiger partial charge on any atom is 0.321 e. The maximum atomic E-state index is 12.8. The minimum atomic E-state index is -1.36. The van der Waals surface area contributed by atoms with Crippen LogP contribution in [0.3, 0.4) is 0 Å². The Morgan fingerprint density at radius 1 is 0.600 bits per heavy atom. The highest BCUT2D eigenvalue weighted by atomic mass is 32.2. The molecule has 0 spiro atoms. The summed E-state index contributed by atoms with van der Waals surface area (Å²) in [6.45, 7) is 7.74. The molecule has 0 fully saturated rings. The first-order valence-corrected chi connectivity index (χ1v) is 18.2. The van der Waals surface area contributed by atoms with E-state index in [0.717, 1.165) is 55.9 Å². The van der Waals surface area contributed by atoms with Gasteiger partial charge in [0.2, 0.25) is 0 Å². The molecule has 6 rings (SSSR count). The van der Waals surface area contributed by atoms with Gasteiger partial charge in [0.15, 0.2) is 0 Å². The molecule has 0 aliphatic rings. The van der Waals surface area contributed by atoms with E-state index in [4.69, 9.17) is 30.4 Å². The van der Waals surface area contributed by atoms with Gasteiger partial charge >= 0.3 is 10.3 Å². The second-order valence-corrected chi connectivity index (χ2v) is 14.4. The van der Waals surface area contributed by atoms with Crippen molar-refractivity contribution < 1.29 is 28.1 Å². The number of aromatic nitrogens is 4. The lowest BCUT2D eigenvalue weighted by atomic mass is 10.0. The van der Waals surface area contributed by atoms with Crippen LogP contribution in [0.4, 0.5) is 11.4 Å². The van der Waals surface area contributed by atoms with Crippen LogP contribution in [0.15, 0.2) is 58.8 Å². The van der Waals surface area contributed by atoms with E-state index in [9.17, 15) is 9.11 Å². The molecule has 0 bridgehead atoms. The Morgan fingerprint density at radius 2 is 0.980 bits per heavy atom. The molecular weight excluding hydrogens is 677 g/mol. The van der Waals surface area contributed by atoms with E-state index in [0.29, 0.717) is 44.2 Å². The molecule has 6 aromatic rings. The maximum absolute atomic E-state index is 12.8. The van der Waals surface area contributed by atoms with Gasteiger partial charge in [0.1, 0.15) is 34.5 Å². The molecule has 2 atom stereocenters. The SMILES string of the molecule is COc1ccc2[nH]c([S+]([O-])Cc3c(N)cc(C)c(OC)c3C)nc2c1.COc1ccc2[nH]c([S+]([O-])Cc3c(N)cc(C)c(OC)c3C)nc2c1. The summed E-state index contributed by atoms with van der Waals surface area (Å²) < 4.78 is 46.9. The van der Waals surface area contributed by atoms with Gasteiger partial charge in [-0.15, -0.1) is 0 Å². The summed E-state index contributed by atoms with van der Waals surface area (Å²) >= 11 is -2.71. The van der Waals surface area contributed by atoms with Crippen LogP contribution in [0.1, 0.15) is 33.4 Å². The topological polar surface area (TPSA) is 192 Å². The average molecular weight is 719 g/mol. The lowest BCUT2D eigenvalue weighted by Gasteiger charge is -2.16. The lowest BCUT2D eigenvalue weighted by Crippen LogP contribution is -2.11. The van der Waals surface area contributed by atoms with Crippen molar-refractivity contribution in [1.82, 2.24) is 19.9 Å². The Hall–Kier alpha value is -4.76. The van der Waals surface area contributed by atoms with Crippen LogP contribution in [0, 0.1) is 27.7 Å². The van der Waals surface area contributed by atoms with Crippen molar-refractivity contribution >= 4 is 55.8 Å². The fourth-order valence-corrected chi connectivity index (χ4v) is 8.29. The number of nitrogens with zero attached hydrogens (tertiary/aromatic N) is 2. The van der Waals surface area contributed by atoms with E-state index >= 15 is 0 Å². The summed E-state index contributed by atoms with van der Waals surface area (Å²) in [7, 11) is 6.45. The number of nitrogens with one attached hydrogen (secondary N) is 2. The summed E-state index contributed by atoms with van der Waals surface area (Å²) in [5.41, 5.74) is 22.0. The Balaban J connectivity index is 0.000000194. The molecule has 264 valence electrons. The normalized spacial score (nSPS) is 12.4. The quantitative estimate of drug-likeness (QED) is 0.0940. The number of aryl methyl sites for hydroxylation is 2. The van der Waals surface area contributed by atoms with E-state index < -0.39 is 22.4 Å². The predicted molar refractivity (Wildman–Crippen MR) is 199 cm³/mol. The van der Waals surface area contributed by atoms with Crippen LogP contribution in [0.2, 0.25) is 0 Å². The molecule has 2 unspecified atom stereocenters. The second kappa shape index (κ2) is 15.4. The van der Waals surface area contributed by atoms with Gasteiger partial charge in [-0.05, 0) is 75.2 Å². The van der Waals surface area contributed by atoms with Gasteiger partial charge < -0.3 is 39.5 Å². The molecular formula is C36H42N6O6S2. The van der Waals surface area contributed by atoms with E-state index in [-0.39, 0.29) is 11.5 Å². The van der Waals surface area contributed by atoms with Gasteiger partial charge in [-0.2, -0.15) is 9.97 Å². The van der Waals surface area contributed by atoms with Crippen LogP contribution in [0.5, 0.6) is 23.0 Å². The van der Waals surface area contributed by atoms with Crippen molar-refractivity contribution in [3.05, 3.63) is 81.9 Å². The van der Waals surface area contributed by atoms with Gasteiger partial charge in [-0.25, -0.2) is 0 Å². The number of imidazole rings is 2. The van der Waals surface area contributed by atoms with Crippen LogP contribution in [-0.2, 0) is 33.9 Å². The molecule has 2 heterocycles. The molecule has 12 nitrogen and oxygen atoms in total. The highest BCUT2D eigenvalue weighted by Gasteiger charge is 2.24. The monoisotopic (exact) mass is 718 g/mol. The molecule has 0 aliphatic heterocycles. The molecule has 4 aromatic carbocycles. The number of aromatic amines is 2. The zero-order valence-electron chi connectivity index (χ0n) is 29.3. The number of fused-ring (bicyclic) bond motifs is 2. The molecule has 0 amide bonds. The number of hydrogen-bond donors (Lipinski definition) is 4. The van der Waals surface area contributed by atoms with Crippen molar-refractivity contribution in [3.63, 3.8) is 0 Å². The minimum absolute atomic E-state index is 0.269. The number of rotatable bonds is 10. The smallest absolute Gasteiger partial charge is 0.321 e. The highest BCUT2D eigenvalue weighted by molar-refractivity contribution is 7.90. The Labute approximate surface area is 297 Å². The number of nitrogens with two attached hydrogens (primary N) is 2. The average Bonchev–Trinajstić information content (AvgIpc) is 3.73. The van der Waals surface area contributed by atoms with Gasteiger partial charge in [0, 0.05) is 68.1 Å². The molecule has 6 N–H and O–H groups in total. The Kier molecular flexibility index (Phi) is 11.3. The van der Waals surface area contributed by atoms with Crippen molar-refractivity contribution in [1.29, 1.82) is 0 Å². The molecule has 0 aliphatic carbocycles. The van der Waals surface area contributed by atoms with Crippen LogP contribution < -0.4 is 30.4 Å². The molecule has 0 saturated heterocycles. The standard InChI is InChI=1S/2C18H21N3O3S/c2*1-10-7-14(19)13(11(2)17(10)24-4)9-25(22)18-20-15-6-5-12(23-3)8-16(15)21-18/h2*5-8H,9,19H2,1-4H3,(H,20,21). The number of H-pyrrole nitrogens is 2. The summed E-state index contributed by atoms with van der Waals surface area (Å²) in [6.07, 6.45) is 0. The number of ether oxygens (including phenoxy) is 4. The molecule has 50 heavy (non-hydrogen) atoms. The molecule has 0 radical (unpaired) electrons. The summed E-state index contributed by atoms with van der Waals surface area (Å²) in [6, 6.07) is 14.7. The first-order valence-electron chi connectivity index (χ1n) is 15.6. The predicted octanol–water partition coefficient (Wildman–Crippen LogP) is 6.17. The van der Waals surface area contributed by atoms with Crippen molar-refractivity contribution in [2.24, 2.45) is 0 Å². The molecule has 14 heteroatoms. The summed E-state index contributed by atoms with van der Waals surface area (Å²) in [4.78, 5) is 15.1. The number of methoxy groups -OCH3 is 4. The third-order valence-corrected chi connectivity index (χ3v) is 10.8. The van der Waals surface area contributed by atoms with E-state index in [2.05, 4.69) is 19.9 Å². The largest absolute Gasteiger partial charge is 0.609 e. The van der Waals surface area contributed by atoms with Gasteiger partial charge in [-0.3, -0.25) is 9.97 Å². The zero-order valence-corrected chi connectivity index (χ0v) is 31.0. The number of benzene rings is 4. The third-order valence-electron chi connectivity index (χ3n) is 8.47. The first kappa shape index (κ1) is 36.5. The van der Waals surface area contributed by atoms with Crippen molar-refractivity contribution in [3.8, 4) is 23.0 Å². The molecule has 2 aromatic heterocycles.